The number of ketones is 1. The number of urea groups is 1. The predicted molar refractivity (Wildman–Crippen MR) is 92.1 cm³/mol. The lowest BCUT2D eigenvalue weighted by Crippen LogP contribution is -2.51. The summed E-state index contributed by atoms with van der Waals surface area (Å²) in [6.45, 7) is 6.70. The van der Waals surface area contributed by atoms with E-state index < -0.39 is 0 Å². The predicted octanol–water partition coefficient (Wildman–Crippen LogP) is 2.65. The Labute approximate surface area is 142 Å². The molecule has 2 amide bonds. The van der Waals surface area contributed by atoms with E-state index in [0.29, 0.717) is 18.0 Å². The van der Waals surface area contributed by atoms with Gasteiger partial charge in [0.2, 0.25) is 0 Å². The fraction of sp³-hybridized carbons (Fsp3) is 0.529. The van der Waals surface area contributed by atoms with Gasteiger partial charge in [-0.05, 0) is 44.2 Å². The Bertz CT molecular complexity index is 525. The van der Waals surface area contributed by atoms with Crippen molar-refractivity contribution in [3.8, 4) is 0 Å². The summed E-state index contributed by atoms with van der Waals surface area (Å²) in [5, 5.41) is 3.47. The van der Waals surface area contributed by atoms with Gasteiger partial charge < -0.3 is 10.2 Å². The van der Waals surface area contributed by atoms with Crippen LogP contribution in [0.5, 0.6) is 0 Å². The van der Waals surface area contributed by atoms with Gasteiger partial charge in [-0.3, -0.25) is 9.69 Å². The molecular weight excluding hydrogens is 314 g/mol. The van der Waals surface area contributed by atoms with Crippen LogP contribution >= 0.6 is 11.6 Å². The standard InChI is InChI=1S/C17H24ClN3O2/c1-2-19-17(23)21-12-10-20(11-13-21)9-3-4-16(22)14-5-7-15(18)8-6-14/h5-8H,2-4,9-13H2,1H3,(H,19,23). The molecule has 1 aromatic carbocycles. The molecule has 1 fully saturated rings. The quantitative estimate of drug-likeness (QED) is 0.812. The molecule has 0 radical (unpaired) electrons. The van der Waals surface area contributed by atoms with Crippen molar-refractivity contribution in [2.45, 2.75) is 19.8 Å². The Morgan fingerprint density at radius 2 is 1.78 bits per heavy atom. The molecule has 1 N–H and O–H groups in total. The number of hydrogen-bond acceptors (Lipinski definition) is 3. The van der Waals surface area contributed by atoms with Crippen molar-refractivity contribution in [2.24, 2.45) is 0 Å². The molecule has 126 valence electrons. The number of amides is 2. The Morgan fingerprint density at radius 1 is 1.13 bits per heavy atom. The molecule has 0 spiro atoms. The summed E-state index contributed by atoms with van der Waals surface area (Å²) in [7, 11) is 0. The zero-order valence-corrected chi connectivity index (χ0v) is 14.3. The van der Waals surface area contributed by atoms with Crippen LogP contribution in [-0.2, 0) is 0 Å². The number of hydrogen-bond donors (Lipinski definition) is 1. The monoisotopic (exact) mass is 337 g/mol. The van der Waals surface area contributed by atoms with Gasteiger partial charge in [0.1, 0.15) is 0 Å². The van der Waals surface area contributed by atoms with E-state index in [2.05, 4.69) is 10.2 Å². The third-order valence-corrected chi connectivity index (χ3v) is 4.28. The minimum atomic E-state index is 0.0186. The molecule has 0 unspecified atom stereocenters. The Morgan fingerprint density at radius 3 is 2.39 bits per heavy atom. The lowest BCUT2D eigenvalue weighted by Gasteiger charge is -2.34. The molecule has 0 aliphatic carbocycles. The summed E-state index contributed by atoms with van der Waals surface area (Å²) in [4.78, 5) is 28.0. The molecule has 1 heterocycles. The van der Waals surface area contributed by atoms with Crippen molar-refractivity contribution >= 4 is 23.4 Å². The summed E-state index contributed by atoms with van der Waals surface area (Å²) in [5.74, 6) is 0.155. The smallest absolute Gasteiger partial charge is 0.317 e. The lowest BCUT2D eigenvalue weighted by atomic mass is 10.1. The van der Waals surface area contributed by atoms with Crippen LogP contribution in [0.3, 0.4) is 0 Å². The van der Waals surface area contributed by atoms with Crippen molar-refractivity contribution in [1.29, 1.82) is 0 Å². The lowest BCUT2D eigenvalue weighted by molar-refractivity contribution is 0.0968. The van der Waals surface area contributed by atoms with E-state index in [1.807, 2.05) is 11.8 Å². The van der Waals surface area contributed by atoms with Gasteiger partial charge in [-0.15, -0.1) is 0 Å². The summed E-state index contributed by atoms with van der Waals surface area (Å²) >= 11 is 5.83. The highest BCUT2D eigenvalue weighted by molar-refractivity contribution is 6.30. The van der Waals surface area contributed by atoms with Crippen LogP contribution in [0, 0.1) is 0 Å². The molecule has 1 saturated heterocycles. The average molecular weight is 338 g/mol. The van der Waals surface area contributed by atoms with E-state index in [9.17, 15) is 9.59 Å². The fourth-order valence-electron chi connectivity index (χ4n) is 2.68. The van der Waals surface area contributed by atoms with Crippen molar-refractivity contribution < 1.29 is 9.59 Å². The number of nitrogens with zero attached hydrogens (tertiary/aromatic N) is 2. The Kier molecular flexibility index (Phi) is 6.86. The third-order valence-electron chi connectivity index (χ3n) is 4.03. The van der Waals surface area contributed by atoms with Gasteiger partial charge in [0, 0.05) is 49.7 Å². The topological polar surface area (TPSA) is 52.7 Å². The number of halogens is 1. The highest BCUT2D eigenvalue weighted by Gasteiger charge is 2.20. The Balaban J connectivity index is 1.66. The maximum atomic E-state index is 12.1. The van der Waals surface area contributed by atoms with Gasteiger partial charge in [-0.1, -0.05) is 11.6 Å². The largest absolute Gasteiger partial charge is 0.338 e. The summed E-state index contributed by atoms with van der Waals surface area (Å²) < 4.78 is 0. The number of Topliss-reactive ketones (excluding diaryl/α,β-unsaturated/α-hetero) is 1. The molecule has 1 aromatic rings. The normalized spacial score (nSPS) is 15.5. The van der Waals surface area contributed by atoms with Gasteiger partial charge in [0.05, 0.1) is 0 Å². The zero-order chi connectivity index (χ0) is 16.7. The van der Waals surface area contributed by atoms with Crippen LogP contribution in [0.1, 0.15) is 30.1 Å². The average Bonchev–Trinajstić information content (AvgIpc) is 2.56. The summed E-state index contributed by atoms with van der Waals surface area (Å²) in [5.41, 5.74) is 0.718. The van der Waals surface area contributed by atoms with Gasteiger partial charge >= 0.3 is 6.03 Å². The molecule has 1 aliphatic rings. The summed E-state index contributed by atoms with van der Waals surface area (Å²) in [6.07, 6.45) is 1.38. The van der Waals surface area contributed by atoms with Crippen LogP contribution in [0.4, 0.5) is 4.79 Å². The fourth-order valence-corrected chi connectivity index (χ4v) is 2.81. The minimum absolute atomic E-state index is 0.0186. The Hall–Kier alpha value is -1.59. The van der Waals surface area contributed by atoms with E-state index in [4.69, 9.17) is 11.6 Å². The van der Waals surface area contributed by atoms with Gasteiger partial charge in [-0.25, -0.2) is 4.79 Å². The number of rotatable bonds is 6. The molecule has 2 rings (SSSR count). The number of nitrogens with one attached hydrogen (secondary N) is 1. The van der Waals surface area contributed by atoms with Crippen LogP contribution in [0.15, 0.2) is 24.3 Å². The number of piperazine rings is 1. The van der Waals surface area contributed by atoms with Gasteiger partial charge in [0.15, 0.2) is 5.78 Å². The maximum absolute atomic E-state index is 12.1. The second-order valence-corrected chi connectivity index (χ2v) is 6.13. The van der Waals surface area contributed by atoms with Crippen LogP contribution in [0.25, 0.3) is 0 Å². The first-order chi connectivity index (χ1) is 11.1. The number of carbonyl (C=O) groups excluding carboxylic acids is 2. The highest BCUT2D eigenvalue weighted by Crippen LogP contribution is 2.12. The van der Waals surface area contributed by atoms with E-state index in [1.165, 1.54) is 0 Å². The molecule has 5 nitrogen and oxygen atoms in total. The first kappa shape index (κ1) is 17.8. The third kappa shape index (κ3) is 5.52. The van der Waals surface area contributed by atoms with Crippen molar-refractivity contribution in [3.63, 3.8) is 0 Å². The van der Waals surface area contributed by atoms with Crippen molar-refractivity contribution in [2.75, 3.05) is 39.3 Å². The first-order valence-electron chi connectivity index (χ1n) is 8.14. The molecule has 6 heteroatoms. The SMILES string of the molecule is CCNC(=O)N1CCN(CCCC(=O)c2ccc(Cl)cc2)CC1. The molecule has 0 bridgehead atoms. The summed E-state index contributed by atoms with van der Waals surface area (Å²) in [6, 6.07) is 7.06. The number of carbonyl (C=O) groups is 2. The van der Waals surface area contributed by atoms with Crippen molar-refractivity contribution in [1.82, 2.24) is 15.1 Å². The second kappa shape index (κ2) is 8.89. The van der Waals surface area contributed by atoms with Crippen molar-refractivity contribution in [3.05, 3.63) is 34.9 Å². The van der Waals surface area contributed by atoms with E-state index in [0.717, 1.165) is 44.7 Å². The number of benzene rings is 1. The molecule has 23 heavy (non-hydrogen) atoms. The van der Waals surface area contributed by atoms with E-state index in [1.54, 1.807) is 24.3 Å². The van der Waals surface area contributed by atoms with Gasteiger partial charge in [-0.2, -0.15) is 0 Å². The maximum Gasteiger partial charge on any atom is 0.317 e. The van der Waals surface area contributed by atoms with Crippen LogP contribution in [0.2, 0.25) is 5.02 Å². The molecular formula is C17H24ClN3O2. The molecule has 0 aromatic heterocycles. The van der Waals surface area contributed by atoms with E-state index in [-0.39, 0.29) is 11.8 Å². The highest BCUT2D eigenvalue weighted by atomic mass is 35.5. The molecule has 0 saturated carbocycles. The molecule has 1 aliphatic heterocycles. The first-order valence-corrected chi connectivity index (χ1v) is 8.52. The van der Waals surface area contributed by atoms with Crippen LogP contribution in [-0.4, -0.2) is 60.9 Å². The van der Waals surface area contributed by atoms with E-state index >= 15 is 0 Å². The minimum Gasteiger partial charge on any atom is -0.338 e. The van der Waals surface area contributed by atoms with Gasteiger partial charge in [0.25, 0.3) is 0 Å². The zero-order valence-electron chi connectivity index (χ0n) is 13.6. The van der Waals surface area contributed by atoms with Crippen LogP contribution < -0.4 is 5.32 Å². The second-order valence-electron chi connectivity index (χ2n) is 5.70. The molecule has 0 atom stereocenters.